The molecule has 0 radical (unpaired) electrons. The number of cyclic esters (lactones) is 2. The third-order valence-corrected chi connectivity index (χ3v) is 16.8. The molecule has 4 saturated heterocycles. The van der Waals surface area contributed by atoms with Gasteiger partial charge in [0.1, 0.15) is 35.4 Å². The maximum atomic E-state index is 15.2. The summed E-state index contributed by atoms with van der Waals surface area (Å²) in [4.78, 5) is 43.9. The molecular weight excluding hydrogens is 588 g/mol. The summed E-state index contributed by atoms with van der Waals surface area (Å²) < 4.78 is 32.6. The molecule has 0 unspecified atom stereocenters. The number of Topliss-reactive ketones (excluding diaryl/α,β-unsaturated/α-hetero) is 1. The predicted molar refractivity (Wildman–Crippen MR) is 155 cm³/mol. The highest BCUT2D eigenvalue weighted by atomic mass is 16.7. The van der Waals surface area contributed by atoms with E-state index in [0.717, 1.165) is 36.8 Å². The van der Waals surface area contributed by atoms with Crippen LogP contribution in [-0.2, 0) is 33.3 Å². The molecule has 1 aromatic rings. The molecule has 5 saturated carbocycles. The van der Waals surface area contributed by atoms with Gasteiger partial charge in [-0.15, -0.1) is 0 Å². The van der Waals surface area contributed by atoms with Gasteiger partial charge in [0.25, 0.3) is 0 Å². The smallest absolute Gasteiger partial charge is 0.339 e. The molecule has 6 heterocycles. The molecular formula is C37H38O9. The SMILES string of the molecule is C[C@]12[C@H](O)C(=O)[C@H]3[C@]45COC(=O)[C@@]67C=C[C@@H]8C[C@H](CC9=CC[C@]3(C)O[C@]946)[C@]7(C8)C[C@@H](C[C@@]3(C)[C@H](c4ccoc4)OC(=O)[C@H]4O[C@@]413)[C@@H]25. The van der Waals surface area contributed by atoms with Crippen molar-refractivity contribution in [1.29, 1.82) is 0 Å². The maximum Gasteiger partial charge on any atom is 0.339 e. The average molecular weight is 627 g/mol. The Kier molecular flexibility index (Phi) is 3.92. The second-order valence-electron chi connectivity index (χ2n) is 17.8. The van der Waals surface area contributed by atoms with Crippen molar-refractivity contribution in [2.24, 2.45) is 56.7 Å². The number of hydrogen-bond donors (Lipinski definition) is 1. The van der Waals surface area contributed by atoms with Crippen LogP contribution in [-0.4, -0.2) is 58.4 Å². The minimum absolute atomic E-state index is 0.0196. The summed E-state index contributed by atoms with van der Waals surface area (Å²) in [5.74, 6) is -1.32. The molecule has 1 aromatic heterocycles. The molecule has 11 aliphatic rings. The molecule has 6 bridgehead atoms. The summed E-state index contributed by atoms with van der Waals surface area (Å²) in [7, 11) is 0. The number of aliphatic hydroxyl groups is 1. The van der Waals surface area contributed by atoms with Crippen molar-refractivity contribution in [3.8, 4) is 0 Å². The van der Waals surface area contributed by atoms with Gasteiger partial charge >= 0.3 is 11.9 Å². The summed E-state index contributed by atoms with van der Waals surface area (Å²) in [5, 5.41) is 12.7. The number of hydrogen-bond acceptors (Lipinski definition) is 9. The monoisotopic (exact) mass is 626 g/mol. The van der Waals surface area contributed by atoms with Crippen molar-refractivity contribution in [3.63, 3.8) is 0 Å². The molecule has 5 aliphatic heterocycles. The third-order valence-electron chi connectivity index (χ3n) is 16.8. The van der Waals surface area contributed by atoms with Crippen LogP contribution in [0, 0.1) is 56.7 Å². The van der Waals surface area contributed by atoms with Gasteiger partial charge in [-0.25, -0.2) is 4.79 Å². The first-order valence-corrected chi connectivity index (χ1v) is 17.3. The van der Waals surface area contributed by atoms with E-state index in [1.54, 1.807) is 12.5 Å². The van der Waals surface area contributed by atoms with E-state index >= 15 is 4.79 Å². The predicted octanol–water partition coefficient (Wildman–Crippen LogP) is 4.00. The zero-order chi connectivity index (χ0) is 31.2. The van der Waals surface area contributed by atoms with Gasteiger partial charge in [-0.2, -0.15) is 0 Å². The van der Waals surface area contributed by atoms with Gasteiger partial charge in [0, 0.05) is 16.4 Å². The first-order valence-electron chi connectivity index (χ1n) is 17.3. The van der Waals surface area contributed by atoms with Crippen LogP contribution < -0.4 is 0 Å². The molecule has 9 heteroatoms. The van der Waals surface area contributed by atoms with Crippen molar-refractivity contribution in [1.82, 2.24) is 0 Å². The van der Waals surface area contributed by atoms with Crippen molar-refractivity contribution in [2.75, 3.05) is 6.61 Å². The zero-order valence-electron chi connectivity index (χ0n) is 26.2. The van der Waals surface area contributed by atoms with Gasteiger partial charge in [0.05, 0.1) is 29.5 Å². The van der Waals surface area contributed by atoms with Crippen molar-refractivity contribution < 1.29 is 42.9 Å². The topological polar surface area (TPSA) is 125 Å². The van der Waals surface area contributed by atoms with E-state index in [2.05, 4.69) is 25.2 Å². The van der Waals surface area contributed by atoms with Crippen LogP contribution in [0.3, 0.4) is 0 Å². The minimum Gasteiger partial charge on any atom is -0.472 e. The second-order valence-corrected chi connectivity index (χ2v) is 17.8. The number of carbonyl (C=O) groups excluding carboxylic acids is 3. The van der Waals surface area contributed by atoms with Crippen LogP contribution in [0.15, 0.2) is 46.8 Å². The fraction of sp³-hybridized carbons (Fsp3) is 0.703. The molecule has 6 aliphatic carbocycles. The van der Waals surface area contributed by atoms with Crippen LogP contribution in [0.1, 0.15) is 71.0 Å². The summed E-state index contributed by atoms with van der Waals surface area (Å²) in [6, 6.07) is 1.84. The molecule has 9 nitrogen and oxygen atoms in total. The molecule has 0 aromatic carbocycles. The summed E-state index contributed by atoms with van der Waals surface area (Å²) in [5.41, 5.74) is -5.62. The normalized spacial score (nSPS) is 63.2. The molecule has 9 fully saturated rings. The molecule has 1 N–H and O–H groups in total. The Bertz CT molecular complexity index is 1810. The zero-order valence-corrected chi connectivity index (χ0v) is 26.2. The number of rotatable bonds is 1. The summed E-state index contributed by atoms with van der Waals surface area (Å²) in [6.07, 6.45) is 11.7. The first kappa shape index (κ1) is 26.2. The van der Waals surface area contributed by atoms with Gasteiger partial charge in [-0.3, -0.25) is 9.59 Å². The van der Waals surface area contributed by atoms with Crippen LogP contribution in [0.4, 0.5) is 0 Å². The standard InChI is InChI=1S/C37H38O9/c1-30-13-19-14-33-12-17-4-8-35(33)29(41)43-16-34-23(19)32(3,37(30)27(45-37)28(40)44-26(30)18-6-9-42-15-18)25(39)22(38)24(34)31(2)7-5-20(11-21(33)10-17)36(34,35)46-31/h4-6,8-9,15,17,19,21,23-27,39H,7,10-14,16H2,1-3H3/t17-,19-,21-,23+,24-,25-,26+,27-,30+,31+,32+,33+,34-,35-,36-,37-/m1/s1. The lowest BCUT2D eigenvalue weighted by molar-refractivity contribution is -0.291. The van der Waals surface area contributed by atoms with Crippen LogP contribution in [0.2, 0.25) is 0 Å². The Hall–Kier alpha value is -2.75. The fourth-order valence-electron chi connectivity index (χ4n) is 16.2. The van der Waals surface area contributed by atoms with Crippen molar-refractivity contribution in [2.45, 2.75) is 94.4 Å². The van der Waals surface area contributed by atoms with E-state index in [1.165, 1.54) is 0 Å². The van der Waals surface area contributed by atoms with Crippen molar-refractivity contribution >= 4 is 17.7 Å². The highest BCUT2D eigenvalue weighted by molar-refractivity contribution is 5.95. The highest BCUT2D eigenvalue weighted by Crippen LogP contribution is 2.91. The first-order chi connectivity index (χ1) is 21.9. The lowest BCUT2D eigenvalue weighted by Gasteiger charge is -2.71. The molecule has 240 valence electrons. The lowest BCUT2D eigenvalue weighted by atomic mass is 9.31. The number of fused-ring (bicyclic) bond motifs is 3. The Morgan fingerprint density at radius 3 is 2.70 bits per heavy atom. The molecule has 5 spiro atoms. The number of furan rings is 1. The lowest BCUT2D eigenvalue weighted by Crippen LogP contribution is -2.81. The van der Waals surface area contributed by atoms with E-state index < -0.39 is 74.1 Å². The number of esters is 2. The van der Waals surface area contributed by atoms with Gasteiger partial charge in [-0.1, -0.05) is 32.1 Å². The molecule has 46 heavy (non-hydrogen) atoms. The molecule has 12 rings (SSSR count). The summed E-state index contributed by atoms with van der Waals surface area (Å²) in [6.45, 7) is 6.23. The van der Waals surface area contributed by atoms with E-state index in [1.807, 2.05) is 19.9 Å². The Morgan fingerprint density at radius 2 is 1.89 bits per heavy atom. The number of ketones is 1. The minimum atomic E-state index is -1.40. The fourth-order valence-corrected chi connectivity index (χ4v) is 16.2. The molecule has 0 amide bonds. The Labute approximate surface area is 266 Å². The van der Waals surface area contributed by atoms with Crippen molar-refractivity contribution in [3.05, 3.63) is 48.0 Å². The Morgan fingerprint density at radius 1 is 1.04 bits per heavy atom. The maximum absolute atomic E-state index is 15.2. The number of carbonyl (C=O) groups is 3. The highest BCUT2D eigenvalue weighted by Gasteiger charge is 2.98. The largest absolute Gasteiger partial charge is 0.472 e. The van der Waals surface area contributed by atoms with Gasteiger partial charge in [-0.05, 0) is 86.2 Å². The van der Waals surface area contributed by atoms with Crippen LogP contribution in [0.25, 0.3) is 0 Å². The number of epoxide rings is 1. The third kappa shape index (κ3) is 1.99. The number of allylic oxidation sites excluding steroid dienone is 1. The number of ether oxygens (including phenoxy) is 4. The van der Waals surface area contributed by atoms with Gasteiger partial charge in [0.15, 0.2) is 11.9 Å². The van der Waals surface area contributed by atoms with E-state index in [0.29, 0.717) is 18.8 Å². The van der Waals surface area contributed by atoms with E-state index in [4.69, 9.17) is 23.4 Å². The average Bonchev–Trinajstić information content (AvgIpc) is 3.35. The van der Waals surface area contributed by atoms with E-state index in [-0.39, 0.29) is 36.1 Å². The van der Waals surface area contributed by atoms with Gasteiger partial charge in [0.2, 0.25) is 0 Å². The molecule has 16 atom stereocenters. The Balaban J connectivity index is 1.22. The van der Waals surface area contributed by atoms with Crippen LogP contribution >= 0.6 is 0 Å². The van der Waals surface area contributed by atoms with E-state index in [9.17, 15) is 14.7 Å². The van der Waals surface area contributed by atoms with Crippen LogP contribution in [0.5, 0.6) is 0 Å². The quantitative estimate of drug-likeness (QED) is 0.280. The second kappa shape index (κ2) is 6.88. The number of aliphatic hydroxyl groups excluding tert-OH is 1. The van der Waals surface area contributed by atoms with Gasteiger partial charge < -0.3 is 28.5 Å². The summed E-state index contributed by atoms with van der Waals surface area (Å²) >= 11 is 0.